The van der Waals surface area contributed by atoms with Gasteiger partial charge in [0, 0.05) is 11.3 Å². The minimum absolute atomic E-state index is 1.12. The summed E-state index contributed by atoms with van der Waals surface area (Å²) in [7, 11) is 0. The predicted octanol–water partition coefficient (Wildman–Crippen LogP) is 1.16. The van der Waals surface area contributed by atoms with Gasteiger partial charge in [-0.2, -0.15) is 0 Å². The van der Waals surface area contributed by atoms with Crippen LogP contribution < -0.4 is 0 Å². The van der Waals surface area contributed by atoms with Crippen molar-refractivity contribution in [1.82, 2.24) is 9.97 Å². The highest BCUT2D eigenvalue weighted by Gasteiger charge is 2.08. The molecule has 2 rings (SSSR count). The number of rotatable bonds is 0. The third-order valence-electron chi connectivity index (χ3n) is 1.91. The molecule has 51 valence electrons. The van der Waals surface area contributed by atoms with E-state index >= 15 is 0 Å². The fraction of sp³-hybridized carbons (Fsp3) is 0.500. The molecule has 0 atom stereocenters. The summed E-state index contributed by atoms with van der Waals surface area (Å²) >= 11 is 0. The molecule has 0 bridgehead atoms. The lowest BCUT2D eigenvalue weighted by Gasteiger charge is -2.11. The minimum atomic E-state index is 1.12. The van der Waals surface area contributed by atoms with Crippen LogP contribution in [0, 0.1) is 6.20 Å². The summed E-state index contributed by atoms with van der Waals surface area (Å²) in [4.78, 5) is 8.04. The van der Waals surface area contributed by atoms with Crippen molar-refractivity contribution in [2.75, 3.05) is 0 Å². The van der Waals surface area contributed by atoms with Gasteiger partial charge in [0.1, 0.15) is 6.33 Å². The third-order valence-corrected chi connectivity index (χ3v) is 1.91. The molecule has 2 heteroatoms. The van der Waals surface area contributed by atoms with E-state index in [4.69, 9.17) is 0 Å². The monoisotopic (exact) mass is 133 g/mol. The van der Waals surface area contributed by atoms with Gasteiger partial charge in [-0.05, 0) is 25.7 Å². The summed E-state index contributed by atoms with van der Waals surface area (Å²) in [5.41, 5.74) is 2.44. The second-order valence-electron chi connectivity index (χ2n) is 2.62. The largest absolute Gasteiger partial charge is 0.241 e. The van der Waals surface area contributed by atoms with Crippen LogP contribution in [-0.4, -0.2) is 9.97 Å². The van der Waals surface area contributed by atoms with Gasteiger partial charge in [0.05, 0.1) is 6.20 Å². The first-order valence-electron chi connectivity index (χ1n) is 3.67. The molecule has 2 nitrogen and oxygen atoms in total. The maximum absolute atomic E-state index is 4.18. The van der Waals surface area contributed by atoms with Crippen molar-refractivity contribution in [1.29, 1.82) is 0 Å². The van der Waals surface area contributed by atoms with Crippen molar-refractivity contribution >= 4 is 0 Å². The zero-order valence-electron chi connectivity index (χ0n) is 5.80. The quantitative estimate of drug-likeness (QED) is 0.530. The summed E-state index contributed by atoms with van der Waals surface area (Å²) in [6.07, 6.45) is 9.35. The SMILES string of the molecule is [c]1ncnc2c1CCCC2. The fourth-order valence-electron chi connectivity index (χ4n) is 1.36. The van der Waals surface area contributed by atoms with Gasteiger partial charge in [-0.25, -0.2) is 9.97 Å². The van der Waals surface area contributed by atoms with Crippen LogP contribution in [0.15, 0.2) is 6.33 Å². The lowest BCUT2D eigenvalue weighted by atomic mass is 9.98. The Morgan fingerprint density at radius 2 is 2.20 bits per heavy atom. The molecule has 0 spiro atoms. The van der Waals surface area contributed by atoms with E-state index in [-0.39, 0.29) is 0 Å². The van der Waals surface area contributed by atoms with E-state index in [1.165, 1.54) is 24.1 Å². The van der Waals surface area contributed by atoms with E-state index in [0.29, 0.717) is 0 Å². The van der Waals surface area contributed by atoms with Crippen LogP contribution in [0.2, 0.25) is 0 Å². The van der Waals surface area contributed by atoms with Crippen LogP contribution in [0.1, 0.15) is 24.1 Å². The second-order valence-corrected chi connectivity index (χ2v) is 2.62. The van der Waals surface area contributed by atoms with Crippen LogP contribution in [-0.2, 0) is 12.8 Å². The van der Waals surface area contributed by atoms with E-state index in [9.17, 15) is 0 Å². The van der Waals surface area contributed by atoms with Gasteiger partial charge in [-0.3, -0.25) is 0 Å². The first kappa shape index (κ1) is 5.83. The van der Waals surface area contributed by atoms with Crippen LogP contribution in [0.4, 0.5) is 0 Å². The summed E-state index contributed by atoms with van der Waals surface area (Å²) in [6.45, 7) is 0. The van der Waals surface area contributed by atoms with Gasteiger partial charge in [-0.15, -0.1) is 0 Å². The Bertz CT molecular complexity index is 207. The van der Waals surface area contributed by atoms with E-state index in [2.05, 4.69) is 16.2 Å². The fourth-order valence-corrected chi connectivity index (χ4v) is 1.36. The van der Waals surface area contributed by atoms with Crippen molar-refractivity contribution in [3.05, 3.63) is 23.8 Å². The molecule has 0 N–H and O–H groups in total. The molecule has 1 aromatic rings. The van der Waals surface area contributed by atoms with Gasteiger partial charge in [0.25, 0.3) is 0 Å². The van der Waals surface area contributed by atoms with Crippen LogP contribution in [0.25, 0.3) is 0 Å². The van der Waals surface area contributed by atoms with Crippen LogP contribution in [0.3, 0.4) is 0 Å². The Balaban J connectivity index is 2.41. The number of nitrogens with zero attached hydrogens (tertiary/aromatic N) is 2. The first-order valence-corrected chi connectivity index (χ1v) is 3.67. The predicted molar refractivity (Wildman–Crippen MR) is 37.5 cm³/mol. The Hall–Kier alpha value is -0.920. The molecule has 1 aliphatic rings. The Morgan fingerprint density at radius 3 is 3.10 bits per heavy atom. The molecular weight excluding hydrogens is 124 g/mol. The zero-order chi connectivity index (χ0) is 6.81. The topological polar surface area (TPSA) is 25.8 Å². The highest BCUT2D eigenvalue weighted by molar-refractivity contribution is 5.17. The summed E-state index contributed by atoms with van der Waals surface area (Å²) in [5.74, 6) is 0. The van der Waals surface area contributed by atoms with Gasteiger partial charge in [-0.1, -0.05) is 0 Å². The van der Waals surface area contributed by atoms with Crippen molar-refractivity contribution in [3.8, 4) is 0 Å². The molecular formula is C8H9N2. The van der Waals surface area contributed by atoms with Gasteiger partial charge < -0.3 is 0 Å². The highest BCUT2D eigenvalue weighted by Crippen LogP contribution is 2.16. The van der Waals surface area contributed by atoms with E-state index in [1.807, 2.05) is 0 Å². The minimum Gasteiger partial charge on any atom is -0.241 e. The first-order chi connectivity index (χ1) is 4.97. The Kier molecular flexibility index (Phi) is 1.38. The zero-order valence-corrected chi connectivity index (χ0v) is 5.80. The molecule has 10 heavy (non-hydrogen) atoms. The van der Waals surface area contributed by atoms with E-state index < -0.39 is 0 Å². The van der Waals surface area contributed by atoms with Gasteiger partial charge in [0.2, 0.25) is 0 Å². The van der Waals surface area contributed by atoms with E-state index in [0.717, 1.165) is 12.8 Å². The van der Waals surface area contributed by atoms with Gasteiger partial charge in [0.15, 0.2) is 0 Å². The maximum Gasteiger partial charge on any atom is 0.116 e. The molecule has 0 amide bonds. The third kappa shape index (κ3) is 0.897. The van der Waals surface area contributed by atoms with Crippen molar-refractivity contribution in [3.63, 3.8) is 0 Å². The maximum atomic E-state index is 4.18. The van der Waals surface area contributed by atoms with Crippen molar-refractivity contribution in [2.24, 2.45) is 0 Å². The standard InChI is InChI=1S/C8H9N2/c1-2-4-8-7(3-1)5-9-6-10-8/h6H,1-4H2. The normalized spacial score (nSPS) is 16.4. The summed E-state index contributed by atoms with van der Waals surface area (Å²) in [5, 5.41) is 0. The molecule has 0 saturated carbocycles. The Labute approximate surface area is 60.3 Å². The number of fused-ring (bicyclic) bond motifs is 1. The second kappa shape index (κ2) is 2.37. The molecule has 1 heterocycles. The van der Waals surface area contributed by atoms with Crippen LogP contribution in [0.5, 0.6) is 0 Å². The lowest BCUT2D eigenvalue weighted by molar-refractivity contribution is 0.661. The summed E-state index contributed by atoms with van der Waals surface area (Å²) < 4.78 is 0. The Morgan fingerprint density at radius 1 is 1.30 bits per heavy atom. The summed E-state index contributed by atoms with van der Waals surface area (Å²) in [6, 6.07) is 0. The lowest BCUT2D eigenvalue weighted by Crippen LogP contribution is -2.05. The molecule has 0 aliphatic heterocycles. The average Bonchev–Trinajstić information content (AvgIpc) is 2.05. The number of hydrogen-bond donors (Lipinski definition) is 0. The molecule has 1 aromatic heterocycles. The molecule has 1 radical (unpaired) electrons. The van der Waals surface area contributed by atoms with Crippen LogP contribution >= 0.6 is 0 Å². The number of aryl methyl sites for hydroxylation is 2. The molecule has 0 fully saturated rings. The number of hydrogen-bond acceptors (Lipinski definition) is 2. The van der Waals surface area contributed by atoms with Crippen molar-refractivity contribution < 1.29 is 0 Å². The highest BCUT2D eigenvalue weighted by atomic mass is 14.8. The van der Waals surface area contributed by atoms with Gasteiger partial charge >= 0.3 is 0 Å². The molecule has 0 aromatic carbocycles. The molecule has 0 saturated heterocycles. The van der Waals surface area contributed by atoms with Crippen molar-refractivity contribution in [2.45, 2.75) is 25.7 Å². The number of aromatic nitrogens is 2. The average molecular weight is 133 g/mol. The smallest absolute Gasteiger partial charge is 0.116 e. The van der Waals surface area contributed by atoms with E-state index in [1.54, 1.807) is 6.33 Å². The molecule has 0 unspecified atom stereocenters. The molecule has 1 aliphatic carbocycles.